The van der Waals surface area contributed by atoms with Crippen LogP contribution in [0.1, 0.15) is 17.2 Å². The topological polar surface area (TPSA) is 12.0 Å². The predicted molar refractivity (Wildman–Crippen MR) is 86.8 cm³/mol. The van der Waals surface area contributed by atoms with Gasteiger partial charge in [-0.2, -0.15) is 11.3 Å². The van der Waals surface area contributed by atoms with E-state index in [1.807, 2.05) is 37.4 Å². The molecule has 1 aromatic heterocycles. The zero-order chi connectivity index (χ0) is 14.1. The Morgan fingerprint density at radius 1 is 1.05 bits per heavy atom. The number of nitrogens with one attached hydrogen (secondary N) is 1. The molecule has 1 unspecified atom stereocenters. The number of rotatable bonds is 3. The molecule has 0 saturated heterocycles. The summed E-state index contributed by atoms with van der Waals surface area (Å²) < 4.78 is 15.0. The van der Waals surface area contributed by atoms with E-state index in [0.717, 1.165) is 15.4 Å². The van der Waals surface area contributed by atoms with Crippen LogP contribution in [-0.4, -0.2) is 7.05 Å². The van der Waals surface area contributed by atoms with E-state index in [1.165, 1.54) is 5.56 Å². The number of benzene rings is 2. The summed E-state index contributed by atoms with van der Waals surface area (Å²) in [5.41, 5.74) is 2.26. The number of halogens is 2. The van der Waals surface area contributed by atoms with Gasteiger partial charge in [0.1, 0.15) is 5.82 Å². The Labute approximate surface area is 129 Å². The van der Waals surface area contributed by atoms with Crippen molar-refractivity contribution in [2.75, 3.05) is 7.05 Å². The molecule has 0 aliphatic rings. The molecule has 0 saturated carbocycles. The van der Waals surface area contributed by atoms with E-state index < -0.39 is 0 Å². The van der Waals surface area contributed by atoms with Gasteiger partial charge in [-0.25, -0.2) is 4.39 Å². The standard InChI is InChI=1S/C16H13BrFNS/c1-19-16(13-8-20-9-14(13)17)12-6-7-15(18)11-5-3-2-4-10(11)12/h2-9,16,19H,1H3. The van der Waals surface area contributed by atoms with Crippen LogP contribution in [0, 0.1) is 5.82 Å². The highest BCUT2D eigenvalue weighted by atomic mass is 79.9. The molecule has 0 aliphatic heterocycles. The van der Waals surface area contributed by atoms with Crippen molar-refractivity contribution in [2.45, 2.75) is 6.04 Å². The van der Waals surface area contributed by atoms with Crippen molar-refractivity contribution in [3.05, 3.63) is 68.6 Å². The van der Waals surface area contributed by atoms with Crippen LogP contribution in [0.3, 0.4) is 0 Å². The van der Waals surface area contributed by atoms with Crippen LogP contribution in [0.25, 0.3) is 10.8 Å². The molecule has 1 heterocycles. The van der Waals surface area contributed by atoms with Gasteiger partial charge in [-0.1, -0.05) is 30.3 Å². The normalized spacial score (nSPS) is 12.8. The summed E-state index contributed by atoms with van der Waals surface area (Å²) in [5.74, 6) is -0.177. The summed E-state index contributed by atoms with van der Waals surface area (Å²) in [6, 6.07) is 11.1. The zero-order valence-corrected chi connectivity index (χ0v) is 13.3. The quantitative estimate of drug-likeness (QED) is 0.692. The monoisotopic (exact) mass is 349 g/mol. The first-order valence-electron chi connectivity index (χ1n) is 6.28. The molecule has 0 spiro atoms. The van der Waals surface area contributed by atoms with E-state index in [2.05, 4.69) is 32.0 Å². The molecule has 1 nitrogen and oxygen atoms in total. The van der Waals surface area contributed by atoms with Gasteiger partial charge in [0, 0.05) is 15.2 Å². The summed E-state index contributed by atoms with van der Waals surface area (Å²) in [4.78, 5) is 0. The summed E-state index contributed by atoms with van der Waals surface area (Å²) in [5, 5.41) is 9.12. The van der Waals surface area contributed by atoms with Crippen molar-refractivity contribution in [3.8, 4) is 0 Å². The molecule has 20 heavy (non-hydrogen) atoms. The Bertz CT molecular complexity index is 753. The fourth-order valence-corrected chi connectivity index (χ4v) is 4.07. The largest absolute Gasteiger partial charge is 0.309 e. The average Bonchev–Trinajstić information content (AvgIpc) is 2.89. The maximum absolute atomic E-state index is 13.9. The van der Waals surface area contributed by atoms with E-state index in [0.29, 0.717) is 5.39 Å². The van der Waals surface area contributed by atoms with Crippen molar-refractivity contribution in [1.29, 1.82) is 0 Å². The van der Waals surface area contributed by atoms with Gasteiger partial charge in [0.25, 0.3) is 0 Å². The first kappa shape index (κ1) is 13.7. The van der Waals surface area contributed by atoms with Crippen LogP contribution < -0.4 is 5.32 Å². The molecule has 3 aromatic rings. The SMILES string of the molecule is CNC(c1cscc1Br)c1ccc(F)c2ccccc12. The van der Waals surface area contributed by atoms with Crippen LogP contribution in [0.5, 0.6) is 0 Å². The Morgan fingerprint density at radius 3 is 2.45 bits per heavy atom. The maximum atomic E-state index is 13.9. The van der Waals surface area contributed by atoms with Crippen molar-refractivity contribution in [2.24, 2.45) is 0 Å². The zero-order valence-electron chi connectivity index (χ0n) is 10.9. The molecule has 102 valence electrons. The van der Waals surface area contributed by atoms with Gasteiger partial charge in [-0.05, 0) is 50.9 Å². The van der Waals surface area contributed by atoms with Crippen LogP contribution >= 0.6 is 27.3 Å². The van der Waals surface area contributed by atoms with Gasteiger partial charge in [-0.15, -0.1) is 0 Å². The van der Waals surface area contributed by atoms with Crippen LogP contribution in [0.15, 0.2) is 51.6 Å². The second-order valence-electron chi connectivity index (χ2n) is 4.58. The molecule has 0 aliphatic carbocycles. The van der Waals surface area contributed by atoms with Crippen LogP contribution in [0.4, 0.5) is 4.39 Å². The smallest absolute Gasteiger partial charge is 0.131 e. The van der Waals surface area contributed by atoms with E-state index >= 15 is 0 Å². The summed E-state index contributed by atoms with van der Waals surface area (Å²) in [6.07, 6.45) is 0. The lowest BCUT2D eigenvalue weighted by Crippen LogP contribution is -2.17. The Hall–Kier alpha value is -1.23. The lowest BCUT2D eigenvalue weighted by atomic mass is 9.95. The van der Waals surface area contributed by atoms with Crippen molar-refractivity contribution >= 4 is 38.0 Å². The Balaban J connectivity index is 2.23. The summed E-state index contributed by atoms with van der Waals surface area (Å²) in [7, 11) is 1.92. The second-order valence-corrected chi connectivity index (χ2v) is 6.18. The number of hydrogen-bond acceptors (Lipinski definition) is 2. The Morgan fingerprint density at radius 2 is 1.80 bits per heavy atom. The fraction of sp³-hybridized carbons (Fsp3) is 0.125. The molecule has 0 amide bonds. The average molecular weight is 350 g/mol. The van der Waals surface area contributed by atoms with Gasteiger partial charge < -0.3 is 5.32 Å². The highest BCUT2D eigenvalue weighted by molar-refractivity contribution is 9.10. The van der Waals surface area contributed by atoms with E-state index in [-0.39, 0.29) is 11.9 Å². The third-order valence-corrected chi connectivity index (χ3v) is 5.21. The highest BCUT2D eigenvalue weighted by Crippen LogP contribution is 2.35. The Kier molecular flexibility index (Phi) is 3.87. The molecule has 0 bridgehead atoms. The van der Waals surface area contributed by atoms with Gasteiger partial charge >= 0.3 is 0 Å². The number of hydrogen-bond donors (Lipinski definition) is 1. The second kappa shape index (κ2) is 5.64. The molecule has 0 radical (unpaired) electrons. The van der Waals surface area contributed by atoms with Gasteiger partial charge in [0.2, 0.25) is 0 Å². The summed E-state index contributed by atoms with van der Waals surface area (Å²) in [6.45, 7) is 0. The lowest BCUT2D eigenvalue weighted by molar-refractivity contribution is 0.637. The molecule has 2 aromatic carbocycles. The third-order valence-electron chi connectivity index (χ3n) is 3.46. The van der Waals surface area contributed by atoms with Crippen molar-refractivity contribution in [3.63, 3.8) is 0 Å². The van der Waals surface area contributed by atoms with E-state index in [9.17, 15) is 4.39 Å². The molecular weight excluding hydrogens is 337 g/mol. The van der Waals surface area contributed by atoms with Gasteiger partial charge in [0.15, 0.2) is 0 Å². The molecule has 1 atom stereocenters. The van der Waals surface area contributed by atoms with Gasteiger partial charge in [0.05, 0.1) is 6.04 Å². The molecule has 4 heteroatoms. The molecule has 1 N–H and O–H groups in total. The first-order chi connectivity index (χ1) is 9.72. The summed E-state index contributed by atoms with van der Waals surface area (Å²) >= 11 is 5.23. The minimum atomic E-state index is -0.177. The van der Waals surface area contributed by atoms with Crippen LogP contribution in [0.2, 0.25) is 0 Å². The van der Waals surface area contributed by atoms with E-state index in [1.54, 1.807) is 17.4 Å². The van der Waals surface area contributed by atoms with Gasteiger partial charge in [-0.3, -0.25) is 0 Å². The van der Waals surface area contributed by atoms with Crippen molar-refractivity contribution in [1.82, 2.24) is 5.32 Å². The predicted octanol–water partition coefficient (Wildman–Crippen LogP) is 5.11. The number of fused-ring (bicyclic) bond motifs is 1. The highest BCUT2D eigenvalue weighted by Gasteiger charge is 2.18. The third kappa shape index (κ3) is 2.28. The minimum absolute atomic E-state index is 0.0427. The molecule has 3 rings (SSSR count). The fourth-order valence-electron chi connectivity index (χ4n) is 2.51. The minimum Gasteiger partial charge on any atom is -0.309 e. The number of thiophene rings is 1. The maximum Gasteiger partial charge on any atom is 0.131 e. The lowest BCUT2D eigenvalue weighted by Gasteiger charge is -2.19. The molecular formula is C16H13BrFNS. The van der Waals surface area contributed by atoms with Crippen LogP contribution in [-0.2, 0) is 0 Å². The molecule has 0 fully saturated rings. The van der Waals surface area contributed by atoms with E-state index in [4.69, 9.17) is 0 Å². The van der Waals surface area contributed by atoms with Crippen molar-refractivity contribution < 1.29 is 4.39 Å². The first-order valence-corrected chi connectivity index (χ1v) is 8.02.